The highest BCUT2D eigenvalue weighted by atomic mass is 32.1. The van der Waals surface area contributed by atoms with Crippen LogP contribution < -0.4 is 16.0 Å². The number of amides is 3. The fourth-order valence-corrected chi connectivity index (χ4v) is 3.28. The van der Waals surface area contributed by atoms with Crippen molar-refractivity contribution in [2.75, 3.05) is 10.6 Å². The van der Waals surface area contributed by atoms with E-state index in [2.05, 4.69) is 16.0 Å². The number of thiophene rings is 1. The van der Waals surface area contributed by atoms with Crippen LogP contribution >= 0.6 is 11.3 Å². The molecule has 1 aliphatic rings. The van der Waals surface area contributed by atoms with Crippen LogP contribution in [0.4, 0.5) is 15.8 Å². The van der Waals surface area contributed by atoms with Crippen LogP contribution in [0.15, 0.2) is 35.7 Å². The molecule has 0 aliphatic heterocycles. The lowest BCUT2D eigenvalue weighted by atomic mass is 10.0. The van der Waals surface area contributed by atoms with Crippen LogP contribution in [0, 0.1) is 17.7 Å². The average molecular weight is 403 g/mol. The van der Waals surface area contributed by atoms with Gasteiger partial charge < -0.3 is 16.0 Å². The number of anilines is 2. The Balaban J connectivity index is 1.68. The molecule has 8 heteroatoms. The number of hydrogen-bond acceptors (Lipinski definition) is 4. The molecule has 3 rings (SSSR count). The first-order valence-corrected chi connectivity index (χ1v) is 9.98. The second-order valence-electron chi connectivity index (χ2n) is 7.12. The maximum absolute atomic E-state index is 14.0. The Bertz CT molecular complexity index is 879. The van der Waals surface area contributed by atoms with E-state index in [9.17, 15) is 18.8 Å². The smallest absolute Gasteiger partial charge is 0.262 e. The molecule has 0 saturated heterocycles. The van der Waals surface area contributed by atoms with Crippen molar-refractivity contribution >= 4 is 40.4 Å². The summed E-state index contributed by atoms with van der Waals surface area (Å²) < 4.78 is 14.0. The topological polar surface area (TPSA) is 87.3 Å². The molecule has 1 aromatic carbocycles. The lowest BCUT2D eigenvalue weighted by Crippen LogP contribution is -2.46. The summed E-state index contributed by atoms with van der Waals surface area (Å²) >= 11 is 1.29. The predicted octanol–water partition coefficient (Wildman–Crippen LogP) is 3.63. The van der Waals surface area contributed by atoms with E-state index in [0.717, 1.165) is 12.8 Å². The number of rotatable bonds is 7. The molecule has 0 bridgehead atoms. The van der Waals surface area contributed by atoms with E-state index in [1.165, 1.54) is 29.5 Å². The summed E-state index contributed by atoms with van der Waals surface area (Å²) in [7, 11) is 0. The molecule has 148 valence electrons. The van der Waals surface area contributed by atoms with Crippen molar-refractivity contribution in [1.82, 2.24) is 5.32 Å². The van der Waals surface area contributed by atoms with Crippen molar-refractivity contribution < 1.29 is 18.8 Å². The van der Waals surface area contributed by atoms with Gasteiger partial charge in [-0.05, 0) is 48.4 Å². The molecule has 1 atom stereocenters. The monoisotopic (exact) mass is 403 g/mol. The van der Waals surface area contributed by atoms with E-state index in [0.29, 0.717) is 10.6 Å². The molecule has 1 aliphatic carbocycles. The zero-order chi connectivity index (χ0) is 20.3. The molecule has 0 radical (unpaired) electrons. The molecular formula is C20H22FN3O3S. The van der Waals surface area contributed by atoms with Crippen LogP contribution in [0.25, 0.3) is 0 Å². The van der Waals surface area contributed by atoms with E-state index in [1.54, 1.807) is 17.5 Å². The number of nitrogens with one attached hydrogen (secondary N) is 3. The van der Waals surface area contributed by atoms with Gasteiger partial charge in [0.15, 0.2) is 0 Å². The quantitative estimate of drug-likeness (QED) is 0.660. The van der Waals surface area contributed by atoms with Gasteiger partial charge in [0.05, 0.1) is 10.6 Å². The van der Waals surface area contributed by atoms with Gasteiger partial charge in [0, 0.05) is 11.6 Å². The molecule has 0 spiro atoms. The van der Waals surface area contributed by atoms with Crippen LogP contribution in [0.1, 0.15) is 36.4 Å². The largest absolute Gasteiger partial charge is 0.339 e. The van der Waals surface area contributed by atoms with Crippen molar-refractivity contribution in [3.63, 3.8) is 0 Å². The fraction of sp³-hybridized carbons (Fsp3) is 0.350. The van der Waals surface area contributed by atoms with Crippen LogP contribution in [0.2, 0.25) is 0 Å². The Morgan fingerprint density at radius 2 is 1.89 bits per heavy atom. The molecule has 6 nitrogen and oxygen atoms in total. The lowest BCUT2D eigenvalue weighted by Gasteiger charge is -2.21. The van der Waals surface area contributed by atoms with Gasteiger partial charge in [-0.15, -0.1) is 11.3 Å². The van der Waals surface area contributed by atoms with E-state index in [1.807, 2.05) is 13.8 Å². The van der Waals surface area contributed by atoms with E-state index in [-0.39, 0.29) is 29.3 Å². The van der Waals surface area contributed by atoms with Gasteiger partial charge in [-0.1, -0.05) is 19.9 Å². The summed E-state index contributed by atoms with van der Waals surface area (Å²) in [6.45, 7) is 3.65. The van der Waals surface area contributed by atoms with E-state index >= 15 is 0 Å². The summed E-state index contributed by atoms with van der Waals surface area (Å²) in [5, 5.41) is 9.77. The van der Waals surface area contributed by atoms with Gasteiger partial charge in [0.1, 0.15) is 11.9 Å². The Kier molecular flexibility index (Phi) is 6.08. The summed E-state index contributed by atoms with van der Waals surface area (Å²) in [5.41, 5.74) is 0.368. The number of carbonyl (C=O) groups is 3. The normalized spacial score (nSPS) is 14.4. The number of carbonyl (C=O) groups excluding carboxylic acids is 3. The van der Waals surface area contributed by atoms with Crippen LogP contribution in [-0.4, -0.2) is 23.8 Å². The maximum atomic E-state index is 14.0. The lowest BCUT2D eigenvalue weighted by molar-refractivity contribution is -0.119. The number of halogens is 1. The van der Waals surface area contributed by atoms with Crippen molar-refractivity contribution in [1.29, 1.82) is 0 Å². The van der Waals surface area contributed by atoms with Crippen molar-refractivity contribution in [2.24, 2.45) is 11.8 Å². The van der Waals surface area contributed by atoms with Gasteiger partial charge in [0.2, 0.25) is 11.8 Å². The molecule has 1 saturated carbocycles. The van der Waals surface area contributed by atoms with Gasteiger partial charge in [-0.2, -0.15) is 0 Å². The number of benzene rings is 1. The molecule has 1 fully saturated rings. The second-order valence-corrected chi connectivity index (χ2v) is 8.07. The SMILES string of the molecule is CC(C)C(NC(=O)c1cccs1)C(=O)Nc1ccc(F)c(NC(=O)C2CC2)c1. The fourth-order valence-electron chi connectivity index (χ4n) is 2.65. The Hall–Kier alpha value is -2.74. The third-order valence-corrected chi connectivity index (χ3v) is 5.29. The molecule has 2 aromatic rings. The third kappa shape index (κ3) is 4.95. The van der Waals surface area contributed by atoms with Crippen molar-refractivity contribution in [3.05, 3.63) is 46.4 Å². The minimum absolute atomic E-state index is 0.0263. The van der Waals surface area contributed by atoms with Gasteiger partial charge in [-0.25, -0.2) is 4.39 Å². The molecular weight excluding hydrogens is 381 g/mol. The highest BCUT2D eigenvalue weighted by Gasteiger charge is 2.30. The van der Waals surface area contributed by atoms with Gasteiger partial charge in [-0.3, -0.25) is 14.4 Å². The summed E-state index contributed by atoms with van der Waals surface area (Å²) in [5.74, 6) is -1.73. The third-order valence-electron chi connectivity index (χ3n) is 4.42. The average Bonchev–Trinajstić information content (AvgIpc) is 3.36. The molecule has 1 heterocycles. The van der Waals surface area contributed by atoms with Crippen molar-refractivity contribution in [3.8, 4) is 0 Å². The first kappa shape index (κ1) is 20.0. The predicted molar refractivity (Wildman–Crippen MR) is 107 cm³/mol. The van der Waals surface area contributed by atoms with Crippen molar-refractivity contribution in [2.45, 2.75) is 32.7 Å². The summed E-state index contributed by atoms with van der Waals surface area (Å²) in [6.07, 6.45) is 1.62. The van der Waals surface area contributed by atoms with Gasteiger partial charge in [0.25, 0.3) is 5.91 Å². The number of hydrogen-bond donors (Lipinski definition) is 3. The standard InChI is InChI=1S/C20H22FN3O3S/c1-11(2)17(24-19(26)16-4-3-9-28-16)20(27)22-13-7-8-14(21)15(10-13)23-18(25)12-5-6-12/h3-4,7-12,17H,5-6H2,1-2H3,(H,22,27)(H,23,25)(H,24,26). The van der Waals surface area contributed by atoms with Crippen LogP contribution in [0.3, 0.4) is 0 Å². The van der Waals surface area contributed by atoms with Gasteiger partial charge >= 0.3 is 0 Å². The minimum atomic E-state index is -0.760. The molecule has 1 unspecified atom stereocenters. The summed E-state index contributed by atoms with van der Waals surface area (Å²) in [6, 6.07) is 6.67. The zero-order valence-corrected chi connectivity index (χ0v) is 16.4. The van der Waals surface area contributed by atoms with E-state index < -0.39 is 17.8 Å². The zero-order valence-electron chi connectivity index (χ0n) is 15.6. The first-order valence-electron chi connectivity index (χ1n) is 9.11. The Morgan fingerprint density at radius 3 is 2.50 bits per heavy atom. The maximum Gasteiger partial charge on any atom is 0.262 e. The minimum Gasteiger partial charge on any atom is -0.339 e. The molecule has 3 amide bonds. The summed E-state index contributed by atoms with van der Waals surface area (Å²) in [4.78, 5) is 37.4. The first-order chi connectivity index (χ1) is 13.3. The van der Waals surface area contributed by atoms with Crippen LogP contribution in [-0.2, 0) is 9.59 Å². The second kappa shape index (κ2) is 8.52. The Labute approximate surface area is 166 Å². The van der Waals surface area contributed by atoms with Crippen LogP contribution in [0.5, 0.6) is 0 Å². The molecule has 1 aromatic heterocycles. The highest BCUT2D eigenvalue weighted by molar-refractivity contribution is 7.12. The molecule has 28 heavy (non-hydrogen) atoms. The Morgan fingerprint density at radius 1 is 1.14 bits per heavy atom. The highest BCUT2D eigenvalue weighted by Crippen LogP contribution is 2.31. The molecule has 3 N–H and O–H groups in total. The van der Waals surface area contributed by atoms with E-state index in [4.69, 9.17) is 0 Å².